The zero-order valence-electron chi connectivity index (χ0n) is 17.3. The van der Waals surface area contributed by atoms with Crippen LogP contribution in [0.3, 0.4) is 0 Å². The first-order valence-corrected chi connectivity index (χ1v) is 9.73. The summed E-state index contributed by atoms with van der Waals surface area (Å²) in [6.45, 7) is 6.97. The van der Waals surface area contributed by atoms with Crippen LogP contribution in [0, 0.1) is 0 Å². The molecule has 3 N–H and O–H groups in total. The number of rotatable bonds is 12. The van der Waals surface area contributed by atoms with Crippen molar-refractivity contribution in [2.24, 2.45) is 12.0 Å². The van der Waals surface area contributed by atoms with Crippen LogP contribution in [-0.2, 0) is 12.6 Å². The van der Waals surface area contributed by atoms with Gasteiger partial charge in [0.25, 0.3) is 0 Å². The van der Waals surface area contributed by atoms with Gasteiger partial charge in [0.05, 0.1) is 12.7 Å². The molecular weight excluding hydrogens is 328 g/mol. The quantitative estimate of drug-likeness (QED) is 0.298. The van der Waals surface area contributed by atoms with Crippen LogP contribution in [0.15, 0.2) is 17.4 Å². The lowest BCUT2D eigenvalue weighted by Crippen LogP contribution is -2.39. The highest BCUT2D eigenvalue weighted by molar-refractivity contribution is 5.79. The maximum Gasteiger partial charge on any atom is 0.191 e. The van der Waals surface area contributed by atoms with Crippen LogP contribution in [0.5, 0.6) is 0 Å². The zero-order chi connectivity index (χ0) is 19.4. The minimum absolute atomic E-state index is 0.290. The minimum atomic E-state index is -1.02. The molecule has 0 aliphatic carbocycles. The largest absolute Gasteiger partial charge is 0.383 e. The molecule has 0 fully saturated rings. The molecule has 1 rings (SSSR count). The normalized spacial score (nSPS) is 14.5. The summed E-state index contributed by atoms with van der Waals surface area (Å²) >= 11 is 0. The highest BCUT2D eigenvalue weighted by Gasteiger charge is 2.24. The molecule has 7 nitrogen and oxygen atoms in total. The molecule has 0 saturated carbocycles. The number of nitrogens with one attached hydrogen (secondary N) is 2. The van der Waals surface area contributed by atoms with E-state index >= 15 is 0 Å². The molecule has 0 spiro atoms. The monoisotopic (exact) mass is 366 g/mol. The molecule has 1 aromatic heterocycles. The second-order valence-electron chi connectivity index (χ2n) is 7.37. The molecule has 1 atom stereocenters. The van der Waals surface area contributed by atoms with Gasteiger partial charge < -0.3 is 20.6 Å². The van der Waals surface area contributed by atoms with Crippen molar-refractivity contribution in [2.45, 2.75) is 51.6 Å². The Morgan fingerprint density at radius 1 is 1.23 bits per heavy atom. The lowest BCUT2D eigenvalue weighted by Gasteiger charge is -2.20. The van der Waals surface area contributed by atoms with E-state index in [9.17, 15) is 5.11 Å². The Morgan fingerprint density at radius 2 is 1.92 bits per heavy atom. The molecule has 26 heavy (non-hydrogen) atoms. The Balaban J connectivity index is 2.32. The number of unbranched alkanes of at least 4 members (excludes halogenated alkanes) is 4. The molecule has 0 saturated heterocycles. The number of aromatic nitrogens is 2. The molecular formula is C19H38N6O. The molecule has 0 aliphatic rings. The van der Waals surface area contributed by atoms with Gasteiger partial charge in [-0.15, -0.1) is 0 Å². The minimum Gasteiger partial charge on any atom is -0.383 e. The van der Waals surface area contributed by atoms with Crippen LogP contribution in [-0.4, -0.2) is 66.0 Å². The van der Waals surface area contributed by atoms with Gasteiger partial charge in [0.1, 0.15) is 5.60 Å². The maximum atomic E-state index is 10.6. The molecule has 0 bridgehead atoms. The van der Waals surface area contributed by atoms with Crippen molar-refractivity contribution in [3.63, 3.8) is 0 Å². The van der Waals surface area contributed by atoms with Gasteiger partial charge in [-0.05, 0) is 47.3 Å². The van der Waals surface area contributed by atoms with E-state index in [2.05, 4.69) is 39.7 Å². The van der Waals surface area contributed by atoms with E-state index < -0.39 is 5.60 Å². The SMILES string of the molecule is CCNC(=NCC(C)(O)c1cnn(C)c1)NCCCCCCCN(C)C. The summed E-state index contributed by atoms with van der Waals surface area (Å²) in [7, 11) is 6.09. The number of aliphatic hydroxyl groups is 1. The second-order valence-corrected chi connectivity index (χ2v) is 7.37. The number of aryl methyl sites for hydroxylation is 1. The Labute approximate surface area is 158 Å². The summed E-state index contributed by atoms with van der Waals surface area (Å²) in [5.41, 5.74) is -0.249. The molecule has 1 unspecified atom stereocenters. The van der Waals surface area contributed by atoms with Gasteiger partial charge in [-0.3, -0.25) is 4.68 Å². The number of guanidine groups is 1. The molecule has 0 amide bonds. The van der Waals surface area contributed by atoms with Crippen molar-refractivity contribution in [3.05, 3.63) is 18.0 Å². The molecule has 1 aromatic rings. The first-order valence-electron chi connectivity index (χ1n) is 9.73. The maximum absolute atomic E-state index is 10.6. The highest BCUT2D eigenvalue weighted by Crippen LogP contribution is 2.19. The lowest BCUT2D eigenvalue weighted by atomic mass is 10.0. The first kappa shape index (κ1) is 22.4. The number of aliphatic imine (C=N–C) groups is 1. The summed E-state index contributed by atoms with van der Waals surface area (Å²) in [4.78, 5) is 6.78. The van der Waals surface area contributed by atoms with Gasteiger partial charge in [0.15, 0.2) is 5.96 Å². The van der Waals surface area contributed by atoms with Crippen LogP contribution in [0.2, 0.25) is 0 Å². The average Bonchev–Trinajstić information content (AvgIpc) is 3.02. The van der Waals surface area contributed by atoms with E-state index in [1.54, 1.807) is 17.8 Å². The van der Waals surface area contributed by atoms with Gasteiger partial charge in [-0.2, -0.15) is 5.10 Å². The van der Waals surface area contributed by atoms with Crippen molar-refractivity contribution in [2.75, 3.05) is 40.3 Å². The zero-order valence-corrected chi connectivity index (χ0v) is 17.3. The van der Waals surface area contributed by atoms with Gasteiger partial charge in [0, 0.05) is 31.9 Å². The molecule has 0 aromatic carbocycles. The summed E-state index contributed by atoms with van der Waals surface area (Å²) in [5, 5.41) is 21.3. The van der Waals surface area contributed by atoms with Gasteiger partial charge in [-0.25, -0.2) is 4.99 Å². The van der Waals surface area contributed by atoms with Crippen LogP contribution < -0.4 is 10.6 Å². The van der Waals surface area contributed by atoms with Crippen molar-refractivity contribution in [1.29, 1.82) is 0 Å². The first-order chi connectivity index (χ1) is 12.3. The number of hydrogen-bond acceptors (Lipinski definition) is 4. The van der Waals surface area contributed by atoms with Crippen LogP contribution in [0.1, 0.15) is 51.5 Å². The van der Waals surface area contributed by atoms with E-state index in [1.165, 1.54) is 32.2 Å². The summed E-state index contributed by atoms with van der Waals surface area (Å²) in [5.74, 6) is 0.754. The average molecular weight is 367 g/mol. The fraction of sp³-hybridized carbons (Fsp3) is 0.789. The van der Waals surface area contributed by atoms with Crippen LogP contribution in [0.4, 0.5) is 0 Å². The summed E-state index contributed by atoms with van der Waals surface area (Å²) < 4.78 is 1.69. The third-order valence-electron chi connectivity index (χ3n) is 4.29. The van der Waals surface area contributed by atoms with E-state index in [0.717, 1.165) is 31.0 Å². The summed E-state index contributed by atoms with van der Waals surface area (Å²) in [6.07, 6.45) is 9.71. The third-order valence-corrected chi connectivity index (χ3v) is 4.29. The lowest BCUT2D eigenvalue weighted by molar-refractivity contribution is 0.0672. The fourth-order valence-electron chi connectivity index (χ4n) is 2.66. The van der Waals surface area contributed by atoms with Crippen LogP contribution in [0.25, 0.3) is 0 Å². The van der Waals surface area contributed by atoms with E-state index in [0.29, 0.717) is 6.54 Å². The van der Waals surface area contributed by atoms with Crippen molar-refractivity contribution < 1.29 is 5.11 Å². The number of hydrogen-bond donors (Lipinski definition) is 3. The highest BCUT2D eigenvalue weighted by atomic mass is 16.3. The van der Waals surface area contributed by atoms with Crippen LogP contribution >= 0.6 is 0 Å². The second kappa shape index (κ2) is 11.9. The molecule has 7 heteroatoms. The standard InChI is InChI=1S/C19H38N6O/c1-6-20-18(21-12-10-8-7-9-11-13-24(3)4)22-16-19(2,26)17-14-23-25(5)15-17/h14-15,26H,6-13,16H2,1-5H3,(H2,20,21,22). The van der Waals surface area contributed by atoms with Crippen molar-refractivity contribution in [3.8, 4) is 0 Å². The summed E-state index contributed by atoms with van der Waals surface area (Å²) in [6, 6.07) is 0. The smallest absolute Gasteiger partial charge is 0.191 e. The molecule has 1 heterocycles. The predicted octanol–water partition coefficient (Wildman–Crippen LogP) is 1.69. The van der Waals surface area contributed by atoms with Gasteiger partial charge in [-0.1, -0.05) is 19.3 Å². The molecule has 0 aliphatic heterocycles. The van der Waals surface area contributed by atoms with E-state index in [-0.39, 0.29) is 0 Å². The topological polar surface area (TPSA) is 77.7 Å². The number of nitrogens with zero attached hydrogens (tertiary/aromatic N) is 4. The Bertz CT molecular complexity index is 524. The third kappa shape index (κ3) is 9.20. The van der Waals surface area contributed by atoms with Crippen molar-refractivity contribution in [1.82, 2.24) is 25.3 Å². The Morgan fingerprint density at radius 3 is 2.54 bits per heavy atom. The molecule has 150 valence electrons. The van der Waals surface area contributed by atoms with E-state index in [1.807, 2.05) is 20.2 Å². The fourth-order valence-corrected chi connectivity index (χ4v) is 2.66. The van der Waals surface area contributed by atoms with Crippen molar-refractivity contribution >= 4 is 5.96 Å². The predicted molar refractivity (Wildman–Crippen MR) is 108 cm³/mol. The van der Waals surface area contributed by atoms with Gasteiger partial charge >= 0.3 is 0 Å². The van der Waals surface area contributed by atoms with E-state index in [4.69, 9.17) is 0 Å². The Kier molecular flexibility index (Phi) is 10.3. The molecule has 0 radical (unpaired) electrons. The Hall–Kier alpha value is -1.60. The van der Waals surface area contributed by atoms with Gasteiger partial charge in [0.2, 0.25) is 0 Å².